The van der Waals surface area contributed by atoms with Crippen molar-refractivity contribution in [2.24, 2.45) is 5.73 Å². The van der Waals surface area contributed by atoms with E-state index in [1.807, 2.05) is 0 Å². The van der Waals surface area contributed by atoms with Gasteiger partial charge in [-0.3, -0.25) is 4.79 Å². The molecule has 0 bridgehead atoms. The molecule has 7 heteroatoms. The van der Waals surface area contributed by atoms with E-state index in [-0.39, 0.29) is 6.54 Å². The summed E-state index contributed by atoms with van der Waals surface area (Å²) < 4.78 is 0. The predicted octanol–water partition coefficient (Wildman–Crippen LogP) is 0.00494. The highest BCUT2D eigenvalue weighted by Crippen LogP contribution is 2.19. The fourth-order valence-corrected chi connectivity index (χ4v) is 1.27. The van der Waals surface area contributed by atoms with E-state index < -0.39 is 12.0 Å². The Bertz CT molecular complexity index is 411. The Labute approximate surface area is 97.8 Å². The second kappa shape index (κ2) is 5.09. The highest BCUT2D eigenvalue weighted by molar-refractivity contribution is 6.30. The van der Waals surface area contributed by atoms with Crippen LogP contribution in [0.4, 0.5) is 5.82 Å². The van der Waals surface area contributed by atoms with Crippen molar-refractivity contribution < 1.29 is 9.90 Å². The predicted molar refractivity (Wildman–Crippen MR) is 60.2 cm³/mol. The topological polar surface area (TPSA) is 101 Å². The van der Waals surface area contributed by atoms with Crippen molar-refractivity contribution in [3.05, 3.63) is 16.5 Å². The van der Waals surface area contributed by atoms with Gasteiger partial charge in [-0.15, -0.1) is 0 Å². The van der Waals surface area contributed by atoms with Crippen LogP contribution in [0.15, 0.2) is 0 Å². The summed E-state index contributed by atoms with van der Waals surface area (Å²) in [6.07, 6.45) is -1.26. The molecule has 0 fully saturated rings. The van der Waals surface area contributed by atoms with Gasteiger partial charge in [-0.25, -0.2) is 9.97 Å². The lowest BCUT2D eigenvalue weighted by Gasteiger charge is -2.12. The molecule has 88 valence electrons. The molecule has 0 radical (unpaired) electrons. The van der Waals surface area contributed by atoms with Gasteiger partial charge >= 0.3 is 0 Å². The number of aliphatic hydroxyl groups is 1. The highest BCUT2D eigenvalue weighted by atomic mass is 35.5. The van der Waals surface area contributed by atoms with Crippen LogP contribution in [0.5, 0.6) is 0 Å². The van der Waals surface area contributed by atoms with Gasteiger partial charge in [0.05, 0.1) is 6.54 Å². The Kier molecular flexibility index (Phi) is 4.03. The van der Waals surface area contributed by atoms with Crippen LogP contribution in [0.1, 0.15) is 11.4 Å². The van der Waals surface area contributed by atoms with Crippen LogP contribution < -0.4 is 11.1 Å². The maximum atomic E-state index is 10.6. The monoisotopic (exact) mass is 244 g/mol. The summed E-state index contributed by atoms with van der Waals surface area (Å²) in [6.45, 7) is 3.42. The molecule has 0 saturated carbocycles. The first kappa shape index (κ1) is 12.7. The van der Waals surface area contributed by atoms with Crippen LogP contribution in [0.3, 0.4) is 0 Å². The average molecular weight is 245 g/mol. The second-order valence-corrected chi connectivity index (χ2v) is 3.69. The lowest BCUT2D eigenvalue weighted by molar-refractivity contribution is -0.125. The molecule has 0 spiro atoms. The summed E-state index contributed by atoms with van der Waals surface area (Å²) in [5.74, 6) is 0.200. The zero-order valence-corrected chi connectivity index (χ0v) is 9.75. The first-order chi connectivity index (χ1) is 7.41. The molecular formula is C9H13ClN4O2. The number of aliphatic hydroxyl groups excluding tert-OH is 1. The number of amides is 1. The number of nitrogens with two attached hydrogens (primary N) is 1. The van der Waals surface area contributed by atoms with Crippen LogP contribution in [0.2, 0.25) is 5.15 Å². The van der Waals surface area contributed by atoms with Crippen LogP contribution in [0, 0.1) is 13.8 Å². The van der Waals surface area contributed by atoms with Crippen LogP contribution >= 0.6 is 11.6 Å². The molecule has 1 amide bonds. The third kappa shape index (κ3) is 3.04. The summed E-state index contributed by atoms with van der Waals surface area (Å²) in [5.41, 5.74) is 5.57. The standard InChI is InChI=1S/C9H13ClN4O2/c1-4-7(10)13-5(2)14-9(4)12-3-6(15)8(11)16/h6,15H,3H2,1-2H3,(H2,11,16)(H,12,13,14). The smallest absolute Gasteiger partial charge is 0.248 e. The first-order valence-electron chi connectivity index (χ1n) is 4.63. The molecule has 1 unspecified atom stereocenters. The number of anilines is 1. The van der Waals surface area contributed by atoms with Crippen molar-refractivity contribution >= 4 is 23.3 Å². The Hall–Kier alpha value is -1.40. The zero-order chi connectivity index (χ0) is 12.3. The number of carbonyl (C=O) groups is 1. The van der Waals surface area contributed by atoms with Crippen molar-refractivity contribution in [2.75, 3.05) is 11.9 Å². The first-order valence-corrected chi connectivity index (χ1v) is 5.01. The van der Waals surface area contributed by atoms with Gasteiger partial charge in [0.15, 0.2) is 0 Å². The highest BCUT2D eigenvalue weighted by Gasteiger charge is 2.12. The minimum absolute atomic E-state index is 0.0110. The van der Waals surface area contributed by atoms with Crippen molar-refractivity contribution in [3.8, 4) is 0 Å². The number of primary amides is 1. The number of rotatable bonds is 4. The zero-order valence-electron chi connectivity index (χ0n) is 8.99. The Balaban J connectivity index is 2.78. The van der Waals surface area contributed by atoms with E-state index in [9.17, 15) is 9.90 Å². The minimum atomic E-state index is -1.26. The van der Waals surface area contributed by atoms with Gasteiger partial charge in [0.2, 0.25) is 5.91 Å². The molecular weight excluding hydrogens is 232 g/mol. The molecule has 0 aromatic carbocycles. The van der Waals surface area contributed by atoms with Crippen molar-refractivity contribution in [3.63, 3.8) is 0 Å². The quantitative estimate of drug-likeness (QED) is 0.648. The number of nitrogens with one attached hydrogen (secondary N) is 1. The Morgan fingerprint density at radius 2 is 2.19 bits per heavy atom. The van der Waals surface area contributed by atoms with Crippen LogP contribution in [0.25, 0.3) is 0 Å². The number of hydrogen-bond acceptors (Lipinski definition) is 5. The molecule has 1 aromatic heterocycles. The van der Waals surface area contributed by atoms with E-state index in [1.54, 1.807) is 13.8 Å². The molecule has 0 aliphatic heterocycles. The molecule has 16 heavy (non-hydrogen) atoms. The van der Waals surface area contributed by atoms with Gasteiger partial charge < -0.3 is 16.2 Å². The van der Waals surface area contributed by atoms with Gasteiger partial charge in [-0.2, -0.15) is 0 Å². The summed E-state index contributed by atoms with van der Waals surface area (Å²) in [6, 6.07) is 0. The number of aromatic nitrogens is 2. The lowest BCUT2D eigenvalue weighted by atomic mass is 10.3. The van der Waals surface area contributed by atoms with E-state index in [1.165, 1.54) is 0 Å². The third-order valence-electron chi connectivity index (χ3n) is 1.99. The Morgan fingerprint density at radius 3 is 2.75 bits per heavy atom. The summed E-state index contributed by atoms with van der Waals surface area (Å²) in [5, 5.41) is 12.3. The molecule has 0 aliphatic carbocycles. The molecule has 4 N–H and O–H groups in total. The van der Waals surface area contributed by atoms with E-state index in [2.05, 4.69) is 15.3 Å². The molecule has 6 nitrogen and oxygen atoms in total. The normalized spacial score (nSPS) is 12.2. The maximum absolute atomic E-state index is 10.6. The van der Waals surface area contributed by atoms with Gasteiger partial charge in [0.25, 0.3) is 0 Å². The fraction of sp³-hybridized carbons (Fsp3) is 0.444. The fourth-order valence-electron chi connectivity index (χ4n) is 1.06. The SMILES string of the molecule is Cc1nc(Cl)c(C)c(NCC(O)C(N)=O)n1. The van der Waals surface area contributed by atoms with Gasteiger partial charge in [-0.05, 0) is 13.8 Å². The van der Waals surface area contributed by atoms with E-state index in [4.69, 9.17) is 17.3 Å². The molecule has 0 saturated heterocycles. The number of nitrogens with zero attached hydrogens (tertiary/aromatic N) is 2. The molecule has 1 atom stereocenters. The van der Waals surface area contributed by atoms with Crippen molar-refractivity contribution in [2.45, 2.75) is 20.0 Å². The maximum Gasteiger partial charge on any atom is 0.248 e. The lowest BCUT2D eigenvalue weighted by Crippen LogP contribution is -2.34. The van der Waals surface area contributed by atoms with Crippen molar-refractivity contribution in [1.29, 1.82) is 0 Å². The van der Waals surface area contributed by atoms with Gasteiger partial charge in [0.1, 0.15) is 22.9 Å². The third-order valence-corrected chi connectivity index (χ3v) is 2.36. The van der Waals surface area contributed by atoms with E-state index in [0.717, 1.165) is 0 Å². The average Bonchev–Trinajstić information content (AvgIpc) is 2.20. The summed E-state index contributed by atoms with van der Waals surface area (Å²) in [7, 11) is 0. The largest absolute Gasteiger partial charge is 0.381 e. The van der Waals surface area contributed by atoms with Crippen LogP contribution in [-0.2, 0) is 4.79 Å². The van der Waals surface area contributed by atoms with E-state index in [0.29, 0.717) is 22.4 Å². The Morgan fingerprint density at radius 1 is 1.56 bits per heavy atom. The second-order valence-electron chi connectivity index (χ2n) is 3.33. The molecule has 1 heterocycles. The van der Waals surface area contributed by atoms with Crippen LogP contribution in [-0.4, -0.2) is 33.6 Å². The van der Waals surface area contributed by atoms with Crippen molar-refractivity contribution in [1.82, 2.24) is 9.97 Å². The van der Waals surface area contributed by atoms with Gasteiger partial charge in [-0.1, -0.05) is 11.6 Å². The number of hydrogen-bond donors (Lipinski definition) is 3. The minimum Gasteiger partial charge on any atom is -0.381 e. The molecule has 1 rings (SSSR count). The molecule has 0 aliphatic rings. The molecule has 1 aromatic rings. The number of aryl methyl sites for hydroxylation is 1. The number of halogens is 1. The number of carbonyl (C=O) groups excluding carboxylic acids is 1. The van der Waals surface area contributed by atoms with Gasteiger partial charge in [0, 0.05) is 5.56 Å². The van der Waals surface area contributed by atoms with E-state index >= 15 is 0 Å². The summed E-state index contributed by atoms with van der Waals surface area (Å²) >= 11 is 5.85. The summed E-state index contributed by atoms with van der Waals surface area (Å²) in [4.78, 5) is 18.7.